The van der Waals surface area contributed by atoms with Gasteiger partial charge in [-0.2, -0.15) is 0 Å². The van der Waals surface area contributed by atoms with E-state index in [-0.39, 0.29) is 17.8 Å². The average molecular weight is 325 g/mol. The summed E-state index contributed by atoms with van der Waals surface area (Å²) in [5.74, 6) is -0.496. The molecular weight excluding hydrogens is 309 g/mol. The van der Waals surface area contributed by atoms with E-state index < -0.39 is 0 Å². The van der Waals surface area contributed by atoms with Crippen molar-refractivity contribution in [3.05, 3.63) is 71.3 Å². The Morgan fingerprint density at radius 2 is 1.96 bits per heavy atom. The molecule has 0 aliphatic heterocycles. The SMILES string of the molecule is Cc1cc(C(=O)NC(C)c2ccc(F)cc2)ccc1-n1cnnn1. The van der Waals surface area contributed by atoms with Crippen LogP contribution in [0.25, 0.3) is 5.69 Å². The first-order chi connectivity index (χ1) is 11.5. The quantitative estimate of drug-likeness (QED) is 0.800. The molecule has 0 spiro atoms. The zero-order valence-corrected chi connectivity index (χ0v) is 13.3. The topological polar surface area (TPSA) is 72.7 Å². The van der Waals surface area contributed by atoms with Crippen LogP contribution in [0.15, 0.2) is 48.8 Å². The Bertz CT molecular complexity index is 846. The fraction of sp³-hybridized carbons (Fsp3) is 0.176. The van der Waals surface area contributed by atoms with Gasteiger partial charge in [0.15, 0.2) is 0 Å². The third kappa shape index (κ3) is 3.29. The molecule has 1 aromatic heterocycles. The summed E-state index contributed by atoms with van der Waals surface area (Å²) < 4.78 is 14.5. The van der Waals surface area contributed by atoms with E-state index in [0.29, 0.717) is 5.56 Å². The van der Waals surface area contributed by atoms with Crippen molar-refractivity contribution >= 4 is 5.91 Å². The number of hydrogen-bond acceptors (Lipinski definition) is 4. The molecule has 1 N–H and O–H groups in total. The van der Waals surface area contributed by atoms with Crippen LogP contribution in [0.5, 0.6) is 0 Å². The maximum absolute atomic E-state index is 13.0. The first kappa shape index (κ1) is 15.8. The van der Waals surface area contributed by atoms with Crippen molar-refractivity contribution in [2.24, 2.45) is 0 Å². The highest BCUT2D eigenvalue weighted by Gasteiger charge is 2.13. The van der Waals surface area contributed by atoms with Crippen molar-refractivity contribution < 1.29 is 9.18 Å². The fourth-order valence-electron chi connectivity index (χ4n) is 2.44. The number of nitrogens with zero attached hydrogens (tertiary/aromatic N) is 4. The van der Waals surface area contributed by atoms with Gasteiger partial charge in [0.2, 0.25) is 0 Å². The number of hydrogen-bond donors (Lipinski definition) is 1. The van der Waals surface area contributed by atoms with Gasteiger partial charge in [-0.3, -0.25) is 4.79 Å². The molecule has 0 aliphatic carbocycles. The number of rotatable bonds is 4. The highest BCUT2D eigenvalue weighted by molar-refractivity contribution is 5.94. The molecule has 0 fully saturated rings. The highest BCUT2D eigenvalue weighted by Crippen LogP contribution is 2.17. The van der Waals surface area contributed by atoms with Gasteiger partial charge in [0.25, 0.3) is 5.91 Å². The number of carbonyl (C=O) groups is 1. The summed E-state index contributed by atoms with van der Waals surface area (Å²) in [6.07, 6.45) is 1.50. The Morgan fingerprint density at radius 1 is 1.21 bits per heavy atom. The second-order valence-electron chi connectivity index (χ2n) is 5.50. The van der Waals surface area contributed by atoms with Crippen molar-refractivity contribution in [1.82, 2.24) is 25.5 Å². The second kappa shape index (κ2) is 6.57. The Hall–Kier alpha value is -3.09. The zero-order chi connectivity index (χ0) is 17.1. The smallest absolute Gasteiger partial charge is 0.251 e. The van der Waals surface area contributed by atoms with Crippen molar-refractivity contribution in [3.8, 4) is 5.69 Å². The number of nitrogens with one attached hydrogen (secondary N) is 1. The molecule has 0 saturated carbocycles. The van der Waals surface area contributed by atoms with Crippen molar-refractivity contribution in [2.45, 2.75) is 19.9 Å². The molecule has 7 heteroatoms. The third-order valence-electron chi connectivity index (χ3n) is 3.77. The van der Waals surface area contributed by atoms with E-state index in [1.165, 1.54) is 23.1 Å². The molecular formula is C17H16FN5O. The molecule has 0 saturated heterocycles. The summed E-state index contributed by atoms with van der Waals surface area (Å²) in [7, 11) is 0. The first-order valence-electron chi connectivity index (χ1n) is 7.45. The first-order valence-corrected chi connectivity index (χ1v) is 7.45. The van der Waals surface area contributed by atoms with Gasteiger partial charge in [-0.15, -0.1) is 5.10 Å². The van der Waals surface area contributed by atoms with Gasteiger partial charge in [-0.1, -0.05) is 12.1 Å². The molecule has 122 valence electrons. The van der Waals surface area contributed by atoms with Crippen LogP contribution in [-0.2, 0) is 0 Å². The fourth-order valence-corrected chi connectivity index (χ4v) is 2.44. The number of benzene rings is 2. The monoisotopic (exact) mass is 325 g/mol. The van der Waals surface area contributed by atoms with Gasteiger partial charge in [-0.25, -0.2) is 9.07 Å². The maximum atomic E-state index is 13.0. The molecule has 6 nitrogen and oxygen atoms in total. The van der Waals surface area contributed by atoms with E-state index in [9.17, 15) is 9.18 Å². The summed E-state index contributed by atoms with van der Waals surface area (Å²) in [6.45, 7) is 3.74. The normalized spacial score (nSPS) is 12.0. The van der Waals surface area contributed by atoms with Gasteiger partial charge in [0.1, 0.15) is 12.1 Å². The van der Waals surface area contributed by atoms with Crippen molar-refractivity contribution in [1.29, 1.82) is 0 Å². The van der Waals surface area contributed by atoms with Crippen LogP contribution in [0.3, 0.4) is 0 Å². The number of carbonyl (C=O) groups excluding carboxylic acids is 1. The minimum absolute atomic E-state index is 0.196. The van der Waals surface area contributed by atoms with E-state index >= 15 is 0 Å². The minimum Gasteiger partial charge on any atom is -0.346 e. The Kier molecular flexibility index (Phi) is 4.33. The lowest BCUT2D eigenvalue weighted by molar-refractivity contribution is 0.0940. The van der Waals surface area contributed by atoms with Crippen LogP contribution in [0, 0.1) is 12.7 Å². The van der Waals surface area contributed by atoms with Crippen LogP contribution in [-0.4, -0.2) is 26.1 Å². The molecule has 3 aromatic rings. The molecule has 1 heterocycles. The number of aryl methyl sites for hydroxylation is 1. The molecule has 3 rings (SSSR count). The molecule has 2 aromatic carbocycles. The Morgan fingerprint density at radius 3 is 2.58 bits per heavy atom. The summed E-state index contributed by atoms with van der Waals surface area (Å²) in [6, 6.07) is 11.1. The van der Waals surface area contributed by atoms with Gasteiger partial charge in [0.05, 0.1) is 11.7 Å². The number of halogens is 1. The predicted molar refractivity (Wildman–Crippen MR) is 86.2 cm³/mol. The third-order valence-corrected chi connectivity index (χ3v) is 3.77. The number of amides is 1. The molecule has 1 unspecified atom stereocenters. The molecule has 0 aliphatic rings. The van der Waals surface area contributed by atoms with E-state index in [1.54, 1.807) is 30.3 Å². The molecule has 0 bridgehead atoms. The van der Waals surface area contributed by atoms with Crippen LogP contribution < -0.4 is 5.32 Å². The highest BCUT2D eigenvalue weighted by atomic mass is 19.1. The van der Waals surface area contributed by atoms with E-state index in [0.717, 1.165) is 16.8 Å². The van der Waals surface area contributed by atoms with E-state index in [2.05, 4.69) is 20.8 Å². The lowest BCUT2D eigenvalue weighted by atomic mass is 10.1. The average Bonchev–Trinajstić information content (AvgIpc) is 3.09. The molecule has 1 atom stereocenters. The second-order valence-corrected chi connectivity index (χ2v) is 5.50. The summed E-state index contributed by atoms with van der Waals surface area (Å²) >= 11 is 0. The number of aromatic nitrogens is 4. The van der Waals surface area contributed by atoms with Crippen molar-refractivity contribution in [3.63, 3.8) is 0 Å². The van der Waals surface area contributed by atoms with Crippen molar-refractivity contribution in [2.75, 3.05) is 0 Å². The standard InChI is InChI=1S/C17H16FN5O/c1-11-9-14(5-8-16(11)23-10-19-21-22-23)17(24)20-12(2)13-3-6-15(18)7-4-13/h3-10,12H,1-2H3,(H,20,24). The Balaban J connectivity index is 1.75. The van der Waals surface area contributed by atoms with Gasteiger partial charge in [0, 0.05) is 5.56 Å². The number of tetrazole rings is 1. The van der Waals surface area contributed by atoms with E-state index in [1.807, 2.05) is 13.8 Å². The van der Waals surface area contributed by atoms with Crippen LogP contribution >= 0.6 is 0 Å². The van der Waals surface area contributed by atoms with Crippen LogP contribution in [0.2, 0.25) is 0 Å². The lowest BCUT2D eigenvalue weighted by Gasteiger charge is -2.15. The van der Waals surface area contributed by atoms with Gasteiger partial charge in [-0.05, 0) is 65.7 Å². The lowest BCUT2D eigenvalue weighted by Crippen LogP contribution is -2.26. The van der Waals surface area contributed by atoms with Crippen LogP contribution in [0.4, 0.5) is 4.39 Å². The molecule has 24 heavy (non-hydrogen) atoms. The van der Waals surface area contributed by atoms with Gasteiger partial charge < -0.3 is 5.32 Å². The zero-order valence-electron chi connectivity index (χ0n) is 13.3. The van der Waals surface area contributed by atoms with E-state index in [4.69, 9.17) is 0 Å². The van der Waals surface area contributed by atoms with Gasteiger partial charge >= 0.3 is 0 Å². The molecule has 1 amide bonds. The maximum Gasteiger partial charge on any atom is 0.251 e. The Labute approximate surface area is 138 Å². The summed E-state index contributed by atoms with van der Waals surface area (Å²) in [4.78, 5) is 12.4. The van der Waals surface area contributed by atoms with Crippen LogP contribution in [0.1, 0.15) is 34.5 Å². The molecule has 0 radical (unpaired) electrons. The largest absolute Gasteiger partial charge is 0.346 e. The summed E-state index contributed by atoms with van der Waals surface area (Å²) in [5.41, 5.74) is 3.07. The predicted octanol–water partition coefficient (Wildman–Crippen LogP) is 2.60. The minimum atomic E-state index is -0.300. The summed E-state index contributed by atoms with van der Waals surface area (Å²) in [5, 5.41) is 14.0.